The number of rotatable bonds is 7. The Bertz CT molecular complexity index is 986. The average molecular weight is 392 g/mol. The molecule has 1 aromatic heterocycles. The van der Waals surface area contributed by atoms with E-state index in [4.69, 9.17) is 19.3 Å². The fraction of sp³-hybridized carbons (Fsp3) is 0.263. The SMILES string of the molecule is COC(=O)c1cc(Oc2ccc(OCC(F)(F)CO)cc2)c2c(cnn2C)c1. The van der Waals surface area contributed by atoms with Gasteiger partial charge in [0.25, 0.3) is 0 Å². The number of aromatic nitrogens is 2. The lowest BCUT2D eigenvalue weighted by Crippen LogP contribution is -2.29. The van der Waals surface area contributed by atoms with Crippen LogP contribution in [0.2, 0.25) is 0 Å². The quantitative estimate of drug-likeness (QED) is 0.622. The second-order valence-corrected chi connectivity index (χ2v) is 6.05. The number of alkyl halides is 2. The first-order valence-corrected chi connectivity index (χ1v) is 8.26. The summed E-state index contributed by atoms with van der Waals surface area (Å²) in [4.78, 5) is 11.9. The van der Waals surface area contributed by atoms with Crippen LogP contribution in [0.25, 0.3) is 10.9 Å². The van der Waals surface area contributed by atoms with Crippen molar-refractivity contribution < 1.29 is 32.9 Å². The fourth-order valence-electron chi connectivity index (χ4n) is 2.56. The van der Waals surface area contributed by atoms with E-state index in [0.717, 1.165) is 0 Å². The van der Waals surface area contributed by atoms with Crippen molar-refractivity contribution in [3.63, 3.8) is 0 Å². The van der Waals surface area contributed by atoms with Gasteiger partial charge in [-0.05, 0) is 36.4 Å². The Labute approximate surface area is 159 Å². The number of carbonyl (C=O) groups excluding carboxylic acids is 1. The Morgan fingerprint density at radius 1 is 1.21 bits per heavy atom. The summed E-state index contributed by atoms with van der Waals surface area (Å²) in [6.45, 7) is -2.22. The third-order valence-corrected chi connectivity index (χ3v) is 3.95. The highest BCUT2D eigenvalue weighted by molar-refractivity contribution is 5.97. The van der Waals surface area contributed by atoms with E-state index >= 15 is 0 Å². The topological polar surface area (TPSA) is 82.8 Å². The number of aliphatic hydroxyl groups excluding tert-OH is 1. The van der Waals surface area contributed by atoms with Crippen LogP contribution < -0.4 is 9.47 Å². The zero-order valence-electron chi connectivity index (χ0n) is 15.2. The molecule has 1 N–H and O–H groups in total. The van der Waals surface area contributed by atoms with E-state index in [1.165, 1.54) is 19.2 Å². The molecular weight excluding hydrogens is 374 g/mol. The molecule has 1 heterocycles. The van der Waals surface area contributed by atoms with Gasteiger partial charge < -0.3 is 19.3 Å². The van der Waals surface area contributed by atoms with Crippen LogP contribution in [0.15, 0.2) is 42.6 Å². The Balaban J connectivity index is 1.84. The van der Waals surface area contributed by atoms with Crippen LogP contribution in [0, 0.1) is 0 Å². The van der Waals surface area contributed by atoms with Gasteiger partial charge >= 0.3 is 11.9 Å². The van der Waals surface area contributed by atoms with Gasteiger partial charge in [-0.15, -0.1) is 0 Å². The van der Waals surface area contributed by atoms with E-state index in [9.17, 15) is 13.6 Å². The van der Waals surface area contributed by atoms with Crippen molar-refractivity contribution in [2.45, 2.75) is 5.92 Å². The second kappa shape index (κ2) is 7.81. The summed E-state index contributed by atoms with van der Waals surface area (Å²) in [6, 6.07) is 9.21. The lowest BCUT2D eigenvalue weighted by molar-refractivity contribution is -0.0801. The Morgan fingerprint density at radius 3 is 2.54 bits per heavy atom. The monoisotopic (exact) mass is 392 g/mol. The summed E-state index contributed by atoms with van der Waals surface area (Å²) in [6.07, 6.45) is 1.60. The Hall–Kier alpha value is -3.20. The molecule has 28 heavy (non-hydrogen) atoms. The molecular formula is C19H18F2N2O5. The summed E-state index contributed by atoms with van der Waals surface area (Å²) in [5.41, 5.74) is 0.986. The van der Waals surface area contributed by atoms with Crippen LogP contribution in [0.1, 0.15) is 10.4 Å². The molecule has 9 heteroatoms. The van der Waals surface area contributed by atoms with Gasteiger partial charge in [-0.2, -0.15) is 5.10 Å². The molecule has 0 saturated carbocycles. The molecule has 3 aromatic rings. The van der Waals surface area contributed by atoms with E-state index in [0.29, 0.717) is 28.0 Å². The highest BCUT2D eigenvalue weighted by Crippen LogP contribution is 2.32. The van der Waals surface area contributed by atoms with E-state index in [1.807, 2.05) is 0 Å². The van der Waals surface area contributed by atoms with Crippen LogP contribution in [0.5, 0.6) is 17.2 Å². The first-order chi connectivity index (χ1) is 13.3. The fourth-order valence-corrected chi connectivity index (χ4v) is 2.56. The number of carbonyl (C=O) groups is 1. The lowest BCUT2D eigenvalue weighted by Gasteiger charge is -2.14. The van der Waals surface area contributed by atoms with Crippen molar-refractivity contribution in [3.05, 3.63) is 48.2 Å². The predicted octanol–water partition coefficient (Wildman–Crippen LogP) is 3.16. The van der Waals surface area contributed by atoms with Crippen LogP contribution in [-0.2, 0) is 11.8 Å². The van der Waals surface area contributed by atoms with Crippen molar-refractivity contribution >= 4 is 16.9 Å². The minimum absolute atomic E-state index is 0.203. The number of halogens is 2. The maximum atomic E-state index is 13.0. The van der Waals surface area contributed by atoms with Gasteiger partial charge in [0.15, 0.2) is 12.4 Å². The minimum Gasteiger partial charge on any atom is -0.487 e. The second-order valence-electron chi connectivity index (χ2n) is 6.05. The third-order valence-electron chi connectivity index (χ3n) is 3.95. The zero-order chi connectivity index (χ0) is 20.3. The van der Waals surface area contributed by atoms with Gasteiger partial charge in [-0.1, -0.05) is 0 Å². The smallest absolute Gasteiger partial charge is 0.338 e. The number of fused-ring (bicyclic) bond motifs is 1. The summed E-state index contributed by atoms with van der Waals surface area (Å²) in [5.74, 6) is -2.82. The minimum atomic E-state index is -3.31. The van der Waals surface area contributed by atoms with Crippen LogP contribution >= 0.6 is 0 Å². The molecule has 0 unspecified atom stereocenters. The number of benzene rings is 2. The molecule has 0 aliphatic heterocycles. The highest BCUT2D eigenvalue weighted by Gasteiger charge is 2.28. The van der Waals surface area contributed by atoms with Gasteiger partial charge in [-0.3, -0.25) is 4.68 Å². The van der Waals surface area contributed by atoms with Crippen LogP contribution in [0.4, 0.5) is 8.78 Å². The number of hydrogen-bond acceptors (Lipinski definition) is 6. The van der Waals surface area contributed by atoms with Crippen molar-refractivity contribution in [3.8, 4) is 17.2 Å². The summed E-state index contributed by atoms with van der Waals surface area (Å²) in [7, 11) is 3.03. The molecule has 0 spiro atoms. The van der Waals surface area contributed by atoms with Crippen molar-refractivity contribution in [1.29, 1.82) is 0 Å². The number of hydrogen-bond donors (Lipinski definition) is 1. The molecule has 0 atom stereocenters. The molecule has 7 nitrogen and oxygen atoms in total. The zero-order valence-corrected chi connectivity index (χ0v) is 15.2. The molecule has 0 fully saturated rings. The summed E-state index contributed by atoms with van der Waals surface area (Å²) in [5, 5.41) is 13.4. The Morgan fingerprint density at radius 2 is 1.89 bits per heavy atom. The molecule has 0 bridgehead atoms. The molecule has 2 aromatic carbocycles. The van der Waals surface area contributed by atoms with Gasteiger partial charge in [-0.25, -0.2) is 13.6 Å². The van der Waals surface area contributed by atoms with E-state index in [2.05, 4.69) is 5.10 Å². The van der Waals surface area contributed by atoms with Gasteiger partial charge in [0.1, 0.15) is 23.6 Å². The average Bonchev–Trinajstić information content (AvgIpc) is 3.08. The Kier molecular flexibility index (Phi) is 5.46. The summed E-state index contributed by atoms with van der Waals surface area (Å²) < 4.78 is 43.3. The van der Waals surface area contributed by atoms with Crippen molar-refractivity contribution in [2.75, 3.05) is 20.3 Å². The molecule has 148 valence electrons. The lowest BCUT2D eigenvalue weighted by atomic mass is 10.1. The number of ether oxygens (including phenoxy) is 3. The maximum absolute atomic E-state index is 13.0. The van der Waals surface area contributed by atoms with E-state index in [-0.39, 0.29) is 5.75 Å². The number of nitrogens with zero attached hydrogens (tertiary/aromatic N) is 2. The van der Waals surface area contributed by atoms with Gasteiger partial charge in [0.05, 0.1) is 18.9 Å². The largest absolute Gasteiger partial charge is 0.487 e. The van der Waals surface area contributed by atoms with Crippen LogP contribution in [-0.4, -0.2) is 47.1 Å². The van der Waals surface area contributed by atoms with Crippen molar-refractivity contribution in [2.24, 2.45) is 7.05 Å². The highest BCUT2D eigenvalue weighted by atomic mass is 19.3. The molecule has 0 amide bonds. The normalized spacial score (nSPS) is 11.5. The standard InChI is InChI=1S/C19H18F2N2O5/c1-23-17-13(9-22-23)7-12(18(25)26-2)8-16(17)28-15-5-3-14(4-6-15)27-11-19(20,21)10-24/h3-9,24H,10-11H2,1-2H3. The maximum Gasteiger partial charge on any atom is 0.338 e. The molecule has 3 rings (SSSR count). The van der Waals surface area contributed by atoms with Crippen LogP contribution in [0.3, 0.4) is 0 Å². The molecule has 0 aliphatic rings. The first-order valence-electron chi connectivity index (χ1n) is 8.26. The van der Waals surface area contributed by atoms with E-state index in [1.54, 1.807) is 42.2 Å². The molecule has 0 radical (unpaired) electrons. The summed E-state index contributed by atoms with van der Waals surface area (Å²) >= 11 is 0. The van der Waals surface area contributed by atoms with Crippen molar-refractivity contribution in [1.82, 2.24) is 9.78 Å². The molecule has 0 aliphatic carbocycles. The number of aliphatic hydroxyl groups is 1. The van der Waals surface area contributed by atoms with E-state index < -0.39 is 25.1 Å². The predicted molar refractivity (Wildman–Crippen MR) is 96.1 cm³/mol. The molecule has 0 saturated heterocycles. The number of aryl methyl sites for hydroxylation is 1. The van der Waals surface area contributed by atoms with Gasteiger partial charge in [0, 0.05) is 12.4 Å². The third kappa shape index (κ3) is 4.20. The van der Waals surface area contributed by atoms with Gasteiger partial charge in [0.2, 0.25) is 0 Å². The number of methoxy groups -OCH3 is 1. The number of esters is 1. The first kappa shape index (κ1) is 19.6.